The van der Waals surface area contributed by atoms with Gasteiger partial charge in [-0.05, 0) is 22.4 Å². The van der Waals surface area contributed by atoms with Gasteiger partial charge in [0.1, 0.15) is 6.10 Å². The minimum absolute atomic E-state index is 0.535. The summed E-state index contributed by atoms with van der Waals surface area (Å²) >= 11 is 1.68. The molecule has 1 N–H and O–H groups in total. The molecule has 0 unspecified atom stereocenters. The molecular weight excluding hydrogens is 228 g/mol. The third-order valence-electron chi connectivity index (χ3n) is 2.92. The lowest BCUT2D eigenvalue weighted by Crippen LogP contribution is -1.97. The second-order valence-corrected chi connectivity index (χ2v) is 4.91. The van der Waals surface area contributed by atoms with Crippen LogP contribution in [-0.2, 0) is 0 Å². The van der Waals surface area contributed by atoms with E-state index < -0.39 is 6.10 Å². The maximum Gasteiger partial charge on any atom is 0.105 e. The van der Waals surface area contributed by atoms with Crippen LogP contribution in [0.25, 0.3) is 10.1 Å². The third kappa shape index (κ3) is 1.86. The lowest BCUT2D eigenvalue weighted by Gasteiger charge is -2.09. The Morgan fingerprint density at radius 3 is 2.41 bits per heavy atom. The lowest BCUT2D eigenvalue weighted by molar-refractivity contribution is 0.222. The fourth-order valence-electron chi connectivity index (χ4n) is 2.02. The van der Waals surface area contributed by atoms with E-state index in [1.54, 1.807) is 11.3 Å². The van der Waals surface area contributed by atoms with Crippen molar-refractivity contribution >= 4 is 21.4 Å². The van der Waals surface area contributed by atoms with E-state index in [1.807, 2.05) is 47.8 Å². The van der Waals surface area contributed by atoms with Crippen LogP contribution >= 0.6 is 11.3 Å². The minimum Gasteiger partial charge on any atom is -0.384 e. The Morgan fingerprint density at radius 2 is 1.59 bits per heavy atom. The van der Waals surface area contributed by atoms with E-state index >= 15 is 0 Å². The predicted octanol–water partition coefficient (Wildman–Crippen LogP) is 3.98. The Hall–Kier alpha value is -1.64. The van der Waals surface area contributed by atoms with Crippen molar-refractivity contribution in [3.8, 4) is 0 Å². The number of fused-ring (bicyclic) bond motifs is 1. The first-order valence-electron chi connectivity index (χ1n) is 5.55. The molecule has 0 saturated heterocycles. The van der Waals surface area contributed by atoms with Gasteiger partial charge in [0.05, 0.1) is 0 Å². The molecule has 3 rings (SSSR count). The van der Waals surface area contributed by atoms with Crippen molar-refractivity contribution in [3.05, 3.63) is 71.1 Å². The average Bonchev–Trinajstić information content (AvgIpc) is 2.83. The number of aliphatic hydroxyl groups is 1. The zero-order valence-corrected chi connectivity index (χ0v) is 10.0. The van der Waals surface area contributed by atoms with Gasteiger partial charge in [-0.2, -0.15) is 0 Å². The fraction of sp³-hybridized carbons (Fsp3) is 0.0667. The van der Waals surface area contributed by atoms with Gasteiger partial charge in [0.2, 0.25) is 0 Å². The summed E-state index contributed by atoms with van der Waals surface area (Å²) in [6.07, 6.45) is -0.535. The molecule has 0 bridgehead atoms. The molecule has 0 amide bonds. The summed E-state index contributed by atoms with van der Waals surface area (Å²) in [5.41, 5.74) is 1.94. The standard InChI is InChI=1S/C15H12OS/c16-15(11-6-2-1-3-7-11)13-10-17-14-9-5-4-8-12(13)14/h1-10,15-16H/t15-/m1/s1. The van der Waals surface area contributed by atoms with Gasteiger partial charge in [0.15, 0.2) is 0 Å². The van der Waals surface area contributed by atoms with Crippen LogP contribution in [0.1, 0.15) is 17.2 Å². The first-order valence-corrected chi connectivity index (χ1v) is 6.43. The van der Waals surface area contributed by atoms with Gasteiger partial charge in [-0.3, -0.25) is 0 Å². The van der Waals surface area contributed by atoms with E-state index in [0.717, 1.165) is 16.5 Å². The highest BCUT2D eigenvalue weighted by Crippen LogP contribution is 2.33. The van der Waals surface area contributed by atoms with Crippen molar-refractivity contribution in [1.29, 1.82) is 0 Å². The smallest absolute Gasteiger partial charge is 0.105 e. The topological polar surface area (TPSA) is 20.2 Å². The minimum atomic E-state index is -0.535. The van der Waals surface area contributed by atoms with Crippen LogP contribution in [0.3, 0.4) is 0 Å². The average molecular weight is 240 g/mol. The summed E-state index contributed by atoms with van der Waals surface area (Å²) in [5.74, 6) is 0. The monoisotopic (exact) mass is 240 g/mol. The summed E-state index contributed by atoms with van der Waals surface area (Å²) < 4.78 is 1.22. The molecule has 1 aromatic heterocycles. The molecule has 84 valence electrons. The number of hydrogen-bond donors (Lipinski definition) is 1. The highest BCUT2D eigenvalue weighted by atomic mass is 32.1. The van der Waals surface area contributed by atoms with Crippen molar-refractivity contribution in [2.75, 3.05) is 0 Å². The molecular formula is C15H12OS. The molecule has 0 spiro atoms. The molecule has 1 heterocycles. The van der Waals surface area contributed by atoms with Crippen molar-refractivity contribution < 1.29 is 5.11 Å². The zero-order valence-electron chi connectivity index (χ0n) is 9.21. The largest absolute Gasteiger partial charge is 0.384 e. The molecule has 1 nitrogen and oxygen atoms in total. The van der Waals surface area contributed by atoms with Gasteiger partial charge in [0.25, 0.3) is 0 Å². The van der Waals surface area contributed by atoms with Gasteiger partial charge in [0, 0.05) is 10.3 Å². The molecule has 0 aliphatic heterocycles. The summed E-state index contributed by atoms with van der Waals surface area (Å²) in [4.78, 5) is 0. The summed E-state index contributed by atoms with van der Waals surface area (Å²) in [7, 11) is 0. The van der Waals surface area contributed by atoms with Gasteiger partial charge in [-0.1, -0.05) is 48.5 Å². The number of hydrogen-bond acceptors (Lipinski definition) is 2. The Morgan fingerprint density at radius 1 is 0.882 bits per heavy atom. The first-order chi connectivity index (χ1) is 8.36. The van der Waals surface area contributed by atoms with E-state index in [0.29, 0.717) is 0 Å². The Labute approximate surface area is 104 Å². The molecule has 1 atom stereocenters. The van der Waals surface area contributed by atoms with Gasteiger partial charge in [-0.25, -0.2) is 0 Å². The van der Waals surface area contributed by atoms with Crippen LogP contribution in [0.4, 0.5) is 0 Å². The molecule has 0 radical (unpaired) electrons. The Kier molecular flexibility index (Phi) is 2.67. The number of rotatable bonds is 2. The van der Waals surface area contributed by atoms with Crippen LogP contribution in [0.5, 0.6) is 0 Å². The van der Waals surface area contributed by atoms with E-state index in [2.05, 4.69) is 12.1 Å². The summed E-state index contributed by atoms with van der Waals surface area (Å²) in [6.45, 7) is 0. The normalized spacial score (nSPS) is 12.8. The molecule has 0 saturated carbocycles. The number of aliphatic hydroxyl groups excluding tert-OH is 1. The van der Waals surface area contributed by atoms with E-state index in [9.17, 15) is 5.11 Å². The maximum atomic E-state index is 10.4. The van der Waals surface area contributed by atoms with Gasteiger partial charge in [-0.15, -0.1) is 11.3 Å². The fourth-order valence-corrected chi connectivity index (χ4v) is 3.00. The van der Waals surface area contributed by atoms with Crippen molar-refractivity contribution in [2.45, 2.75) is 6.10 Å². The highest BCUT2D eigenvalue weighted by molar-refractivity contribution is 7.17. The SMILES string of the molecule is O[C@H](c1ccccc1)c1csc2ccccc12. The van der Waals surface area contributed by atoms with Crippen LogP contribution < -0.4 is 0 Å². The number of benzene rings is 2. The van der Waals surface area contributed by atoms with E-state index in [1.165, 1.54) is 4.70 Å². The molecule has 2 heteroatoms. The molecule has 17 heavy (non-hydrogen) atoms. The van der Waals surface area contributed by atoms with Crippen LogP contribution in [0.2, 0.25) is 0 Å². The van der Waals surface area contributed by atoms with Crippen LogP contribution in [0.15, 0.2) is 60.0 Å². The van der Waals surface area contributed by atoms with E-state index in [-0.39, 0.29) is 0 Å². The molecule has 0 fully saturated rings. The predicted molar refractivity (Wildman–Crippen MR) is 72.3 cm³/mol. The summed E-state index contributed by atoms with van der Waals surface area (Å²) in [5, 5.41) is 13.6. The third-order valence-corrected chi connectivity index (χ3v) is 3.90. The van der Waals surface area contributed by atoms with Crippen molar-refractivity contribution in [2.24, 2.45) is 0 Å². The second-order valence-electron chi connectivity index (χ2n) is 4.00. The molecule has 3 aromatic rings. The Balaban J connectivity index is 2.10. The first kappa shape index (κ1) is 10.5. The second kappa shape index (κ2) is 4.32. The zero-order chi connectivity index (χ0) is 11.7. The quantitative estimate of drug-likeness (QED) is 0.718. The van der Waals surface area contributed by atoms with E-state index in [4.69, 9.17) is 0 Å². The number of thiophene rings is 1. The van der Waals surface area contributed by atoms with Crippen molar-refractivity contribution in [3.63, 3.8) is 0 Å². The molecule has 0 aliphatic rings. The lowest BCUT2D eigenvalue weighted by atomic mass is 10.0. The van der Waals surface area contributed by atoms with Gasteiger partial charge < -0.3 is 5.11 Å². The van der Waals surface area contributed by atoms with Crippen LogP contribution in [-0.4, -0.2) is 5.11 Å². The van der Waals surface area contributed by atoms with Gasteiger partial charge >= 0.3 is 0 Å². The Bertz CT molecular complexity index is 627. The molecule has 2 aromatic carbocycles. The summed E-state index contributed by atoms with van der Waals surface area (Å²) in [6, 6.07) is 18.0. The van der Waals surface area contributed by atoms with Crippen molar-refractivity contribution in [1.82, 2.24) is 0 Å². The molecule has 0 aliphatic carbocycles. The maximum absolute atomic E-state index is 10.4. The van der Waals surface area contributed by atoms with Crippen LogP contribution in [0, 0.1) is 0 Å². The highest BCUT2D eigenvalue weighted by Gasteiger charge is 2.14.